The first-order valence-electron chi connectivity index (χ1n) is 8.93. The van der Waals surface area contributed by atoms with Crippen LogP contribution in [0.5, 0.6) is 0 Å². The van der Waals surface area contributed by atoms with Crippen LogP contribution >= 0.6 is 11.3 Å². The van der Waals surface area contributed by atoms with E-state index in [-0.39, 0.29) is 5.75 Å². The van der Waals surface area contributed by atoms with Crippen molar-refractivity contribution in [3.8, 4) is 11.3 Å². The molecular weight excluding hydrogens is 412 g/mol. The number of anilines is 2. The predicted molar refractivity (Wildman–Crippen MR) is 116 cm³/mol. The third kappa shape index (κ3) is 5.64. The van der Waals surface area contributed by atoms with Crippen molar-refractivity contribution in [3.63, 3.8) is 0 Å². The van der Waals surface area contributed by atoms with Crippen LogP contribution in [0, 0.1) is 0 Å². The topological polar surface area (TPSA) is 110 Å². The average molecular weight is 435 g/mol. The summed E-state index contributed by atoms with van der Waals surface area (Å²) in [6, 6.07) is 10.6. The number of hydrogen-bond acceptors (Lipinski definition) is 7. The highest BCUT2D eigenvalue weighted by molar-refractivity contribution is 7.92. The molecule has 2 heterocycles. The molecule has 8 nitrogen and oxygen atoms in total. The third-order valence-corrected chi connectivity index (χ3v) is 5.88. The maximum atomic E-state index is 11.9. The van der Waals surface area contributed by atoms with E-state index in [2.05, 4.69) is 20.0 Å². The molecule has 0 aliphatic heterocycles. The molecule has 1 aromatic carbocycles. The molecule has 0 saturated carbocycles. The molecule has 0 saturated heterocycles. The molecule has 0 spiro atoms. The van der Waals surface area contributed by atoms with Crippen molar-refractivity contribution in [2.75, 3.05) is 15.8 Å². The van der Waals surface area contributed by atoms with Gasteiger partial charge in [0.2, 0.25) is 10.0 Å². The lowest BCUT2D eigenvalue weighted by Crippen LogP contribution is -2.27. The van der Waals surface area contributed by atoms with Crippen LogP contribution < -0.4 is 10.0 Å². The molecule has 3 rings (SSSR count). The lowest BCUT2D eigenvalue weighted by molar-refractivity contribution is 0.0636. The molecule has 2 aromatic heterocycles. The van der Waals surface area contributed by atoms with Crippen LogP contribution in [0.15, 0.2) is 36.4 Å². The maximum Gasteiger partial charge on any atom is 0.413 e. The standard InChI is InChI=1S/C19H22N4O4S2/c1-5-29(25,26)23-13-8-6-12(7-9-13)14-10-11-15-16(20-14)28-17(21-15)22-18(24)27-19(2,3)4/h6-11,23H,5H2,1-4H3,(H,21,22,24). The van der Waals surface area contributed by atoms with Crippen molar-refractivity contribution in [2.45, 2.75) is 33.3 Å². The number of amides is 1. The number of benzene rings is 1. The molecule has 10 heteroatoms. The van der Waals surface area contributed by atoms with Crippen molar-refractivity contribution in [1.29, 1.82) is 0 Å². The van der Waals surface area contributed by atoms with Crippen molar-refractivity contribution < 1.29 is 17.9 Å². The first kappa shape index (κ1) is 21.0. The van der Waals surface area contributed by atoms with E-state index < -0.39 is 21.7 Å². The number of ether oxygens (including phenoxy) is 1. The van der Waals surface area contributed by atoms with Crippen molar-refractivity contribution >= 4 is 48.6 Å². The second kappa shape index (κ2) is 7.96. The summed E-state index contributed by atoms with van der Waals surface area (Å²) in [6.45, 7) is 6.95. The van der Waals surface area contributed by atoms with E-state index in [1.165, 1.54) is 11.3 Å². The maximum absolute atomic E-state index is 11.9. The van der Waals surface area contributed by atoms with Crippen LogP contribution in [0.3, 0.4) is 0 Å². The summed E-state index contributed by atoms with van der Waals surface area (Å²) >= 11 is 1.25. The fraction of sp³-hybridized carbons (Fsp3) is 0.316. The summed E-state index contributed by atoms with van der Waals surface area (Å²) in [5.74, 6) is 0.0119. The summed E-state index contributed by atoms with van der Waals surface area (Å²) < 4.78 is 31.1. The Hall–Kier alpha value is -2.72. The van der Waals surface area contributed by atoms with Gasteiger partial charge in [-0.05, 0) is 52.0 Å². The molecule has 1 amide bonds. The quantitative estimate of drug-likeness (QED) is 0.613. The van der Waals surface area contributed by atoms with E-state index >= 15 is 0 Å². The van der Waals surface area contributed by atoms with E-state index in [1.807, 2.05) is 12.1 Å². The largest absolute Gasteiger partial charge is 0.444 e. The molecule has 0 fully saturated rings. The number of pyridine rings is 1. The third-order valence-electron chi connectivity index (χ3n) is 3.70. The predicted octanol–water partition coefficient (Wildman–Crippen LogP) is 4.47. The van der Waals surface area contributed by atoms with Crippen LogP contribution in [0.25, 0.3) is 21.6 Å². The summed E-state index contributed by atoms with van der Waals surface area (Å²) in [5, 5.41) is 3.03. The summed E-state index contributed by atoms with van der Waals surface area (Å²) in [6.07, 6.45) is -0.568. The molecule has 2 N–H and O–H groups in total. The van der Waals surface area contributed by atoms with Gasteiger partial charge in [-0.15, -0.1) is 0 Å². The Balaban J connectivity index is 1.78. The zero-order valence-electron chi connectivity index (χ0n) is 16.5. The highest BCUT2D eigenvalue weighted by Crippen LogP contribution is 2.28. The number of rotatable bonds is 5. The Bertz CT molecular complexity index is 1130. The van der Waals surface area contributed by atoms with Crippen LogP contribution in [0.1, 0.15) is 27.7 Å². The summed E-state index contributed by atoms with van der Waals surface area (Å²) in [5.41, 5.74) is 2.12. The smallest absolute Gasteiger partial charge is 0.413 e. The van der Waals surface area contributed by atoms with Gasteiger partial charge >= 0.3 is 6.09 Å². The average Bonchev–Trinajstić information content (AvgIpc) is 3.01. The second-order valence-corrected chi connectivity index (χ2v) is 10.2. The van der Waals surface area contributed by atoms with Gasteiger partial charge in [-0.3, -0.25) is 10.0 Å². The van der Waals surface area contributed by atoms with Gasteiger partial charge in [0.25, 0.3) is 0 Å². The molecule has 0 bridgehead atoms. The number of nitrogens with one attached hydrogen (secondary N) is 2. The van der Waals surface area contributed by atoms with Gasteiger partial charge in [0, 0.05) is 11.3 Å². The van der Waals surface area contributed by atoms with Crippen LogP contribution in [0.4, 0.5) is 15.6 Å². The molecule has 0 radical (unpaired) electrons. The fourth-order valence-corrected chi connectivity index (χ4v) is 3.85. The molecule has 0 atom stereocenters. The normalized spacial score (nSPS) is 12.0. The Morgan fingerprint density at radius 3 is 2.41 bits per heavy atom. The molecule has 29 heavy (non-hydrogen) atoms. The van der Waals surface area contributed by atoms with E-state index in [0.717, 1.165) is 11.3 Å². The Morgan fingerprint density at radius 2 is 1.79 bits per heavy atom. The molecule has 0 aliphatic rings. The highest BCUT2D eigenvalue weighted by atomic mass is 32.2. The number of sulfonamides is 1. The van der Waals surface area contributed by atoms with E-state index in [9.17, 15) is 13.2 Å². The molecule has 3 aromatic rings. The number of nitrogens with zero attached hydrogens (tertiary/aromatic N) is 2. The lowest BCUT2D eigenvalue weighted by atomic mass is 10.1. The van der Waals surface area contributed by atoms with Crippen molar-refractivity contribution in [3.05, 3.63) is 36.4 Å². The Labute approximate surface area is 173 Å². The second-order valence-electron chi connectivity index (χ2n) is 7.25. The molecule has 0 unspecified atom stereocenters. The number of carbonyl (C=O) groups excluding carboxylic acids is 1. The molecular formula is C19H22N4O4S2. The SMILES string of the molecule is CCS(=O)(=O)Nc1ccc(-c2ccc3nc(NC(=O)OC(C)(C)C)sc3n2)cc1. The van der Waals surface area contributed by atoms with E-state index in [4.69, 9.17) is 4.74 Å². The van der Waals surface area contributed by atoms with Crippen molar-refractivity contribution in [1.82, 2.24) is 9.97 Å². The minimum atomic E-state index is -3.31. The molecule has 154 valence electrons. The van der Waals surface area contributed by atoms with Gasteiger partial charge in [0.15, 0.2) is 5.13 Å². The zero-order chi connectivity index (χ0) is 21.2. The Morgan fingerprint density at radius 1 is 1.10 bits per heavy atom. The minimum absolute atomic E-state index is 0.0119. The fourth-order valence-electron chi connectivity index (χ4n) is 2.38. The van der Waals surface area contributed by atoms with Gasteiger partial charge in [0.1, 0.15) is 15.9 Å². The summed E-state index contributed by atoms with van der Waals surface area (Å²) in [4.78, 5) is 21.5. The monoisotopic (exact) mass is 434 g/mol. The number of thiazole rings is 1. The first-order valence-corrected chi connectivity index (χ1v) is 11.4. The van der Waals surface area contributed by atoms with Crippen molar-refractivity contribution in [2.24, 2.45) is 0 Å². The van der Waals surface area contributed by atoms with E-state index in [0.29, 0.717) is 21.2 Å². The van der Waals surface area contributed by atoms with E-state index in [1.54, 1.807) is 52.0 Å². The number of carbonyl (C=O) groups is 1. The van der Waals surface area contributed by atoms with Gasteiger partial charge in [-0.25, -0.2) is 23.2 Å². The van der Waals surface area contributed by atoms with Crippen LogP contribution in [-0.4, -0.2) is 35.8 Å². The highest BCUT2D eigenvalue weighted by Gasteiger charge is 2.18. The molecule has 0 aliphatic carbocycles. The van der Waals surface area contributed by atoms with Crippen LogP contribution in [0.2, 0.25) is 0 Å². The first-order chi connectivity index (χ1) is 13.5. The lowest BCUT2D eigenvalue weighted by Gasteiger charge is -2.18. The summed E-state index contributed by atoms with van der Waals surface area (Å²) in [7, 11) is -3.31. The van der Waals surface area contributed by atoms with Gasteiger partial charge in [0.05, 0.1) is 11.4 Å². The van der Waals surface area contributed by atoms with Gasteiger partial charge in [-0.2, -0.15) is 0 Å². The minimum Gasteiger partial charge on any atom is -0.444 e. The van der Waals surface area contributed by atoms with Gasteiger partial charge in [-0.1, -0.05) is 23.5 Å². The van der Waals surface area contributed by atoms with Crippen LogP contribution in [-0.2, 0) is 14.8 Å². The number of aromatic nitrogens is 2. The number of fused-ring (bicyclic) bond motifs is 1. The number of hydrogen-bond donors (Lipinski definition) is 2. The van der Waals surface area contributed by atoms with Gasteiger partial charge < -0.3 is 4.74 Å². The Kier molecular flexibility index (Phi) is 5.76. The zero-order valence-corrected chi connectivity index (χ0v) is 18.1.